The Hall–Kier alpha value is -2.11. The highest BCUT2D eigenvalue weighted by Crippen LogP contribution is 2.22. The van der Waals surface area contributed by atoms with Gasteiger partial charge in [0.25, 0.3) is 6.29 Å². The molecule has 120 valence electrons. The normalized spacial score (nSPS) is 22.7. The van der Waals surface area contributed by atoms with E-state index >= 15 is 0 Å². The molecule has 0 radical (unpaired) electrons. The average molecular weight is 332 g/mol. The van der Waals surface area contributed by atoms with Crippen LogP contribution < -0.4 is 10.6 Å². The number of fused-ring (bicyclic) bond motifs is 1. The van der Waals surface area contributed by atoms with Crippen molar-refractivity contribution in [2.45, 2.75) is 18.2 Å². The second-order valence-electron chi connectivity index (χ2n) is 6.16. The predicted octanol–water partition coefficient (Wildman–Crippen LogP) is 3.36. The number of anilines is 1. The molecule has 2 aromatic carbocycles. The van der Waals surface area contributed by atoms with Crippen LogP contribution in [-0.2, 0) is 0 Å². The van der Waals surface area contributed by atoms with Crippen molar-refractivity contribution in [3.8, 4) is 0 Å². The van der Waals surface area contributed by atoms with Gasteiger partial charge in [0.1, 0.15) is 0 Å². The Balaban J connectivity index is 1.71. The lowest BCUT2D eigenvalue weighted by atomic mass is 10.1. The topological polar surface area (TPSA) is 53.5 Å². The second kappa shape index (κ2) is 6.18. The maximum absolute atomic E-state index is 12.3. The standard InChI is InChI=1S/C17H19ClN4O/c1-22(2)15(18)9-10-19-16(22)21-17(23)20-14-8-7-12-5-3-4-6-13(12)11-14/h3-8,10-11,15-16H,9H2,1-2H3,(H-,20,21,23)/p+1. The van der Waals surface area contributed by atoms with Crippen molar-refractivity contribution in [1.82, 2.24) is 5.32 Å². The van der Waals surface area contributed by atoms with E-state index in [1.165, 1.54) is 0 Å². The number of hydrogen-bond acceptors (Lipinski definition) is 2. The lowest BCUT2D eigenvalue weighted by molar-refractivity contribution is -0.928. The molecule has 0 spiro atoms. The van der Waals surface area contributed by atoms with Crippen molar-refractivity contribution in [3.05, 3.63) is 42.5 Å². The highest BCUT2D eigenvalue weighted by molar-refractivity contribution is 6.20. The van der Waals surface area contributed by atoms with Crippen LogP contribution in [0.4, 0.5) is 10.5 Å². The van der Waals surface area contributed by atoms with Crippen molar-refractivity contribution in [3.63, 3.8) is 0 Å². The molecule has 0 bridgehead atoms. The van der Waals surface area contributed by atoms with Gasteiger partial charge in [0, 0.05) is 11.9 Å². The third kappa shape index (κ3) is 3.30. The first-order valence-electron chi connectivity index (χ1n) is 7.52. The van der Waals surface area contributed by atoms with Crippen LogP contribution in [-0.4, -0.2) is 42.6 Å². The van der Waals surface area contributed by atoms with E-state index < -0.39 is 6.29 Å². The van der Waals surface area contributed by atoms with Crippen LogP contribution in [0.2, 0.25) is 0 Å². The van der Waals surface area contributed by atoms with Crippen molar-refractivity contribution < 1.29 is 9.28 Å². The number of quaternary nitrogens is 1. The number of hydrogen-bond donors (Lipinski definition) is 2. The Kier molecular flexibility index (Phi) is 4.24. The number of carbonyl (C=O) groups is 1. The maximum Gasteiger partial charge on any atom is 0.325 e. The summed E-state index contributed by atoms with van der Waals surface area (Å²) in [5, 5.41) is 7.95. The number of nitrogens with zero attached hydrogens (tertiary/aromatic N) is 2. The number of halogens is 1. The number of aliphatic imine (C=N–C) groups is 1. The minimum Gasteiger partial charge on any atom is -0.308 e. The van der Waals surface area contributed by atoms with Gasteiger partial charge in [-0.15, -0.1) is 0 Å². The number of benzene rings is 2. The Morgan fingerprint density at radius 2 is 1.96 bits per heavy atom. The largest absolute Gasteiger partial charge is 0.325 e. The van der Waals surface area contributed by atoms with Crippen molar-refractivity contribution in [1.29, 1.82) is 0 Å². The van der Waals surface area contributed by atoms with Crippen LogP contribution in [0, 0.1) is 0 Å². The molecule has 0 saturated heterocycles. The first kappa shape index (κ1) is 15.8. The van der Waals surface area contributed by atoms with Crippen molar-refractivity contribution in [2.75, 3.05) is 19.4 Å². The van der Waals surface area contributed by atoms with Gasteiger partial charge < -0.3 is 5.32 Å². The molecule has 2 unspecified atom stereocenters. The monoisotopic (exact) mass is 331 g/mol. The van der Waals surface area contributed by atoms with Crippen molar-refractivity contribution >= 4 is 40.3 Å². The van der Waals surface area contributed by atoms with Crippen molar-refractivity contribution in [2.24, 2.45) is 4.99 Å². The molecule has 5 nitrogen and oxygen atoms in total. The molecular weight excluding hydrogens is 312 g/mol. The minimum atomic E-state index is -0.397. The van der Waals surface area contributed by atoms with Crippen LogP contribution >= 0.6 is 11.6 Å². The average Bonchev–Trinajstić information content (AvgIpc) is 2.52. The SMILES string of the molecule is C[N+]1(C)C(Cl)CC=NC1NC(=O)Nc1ccc2ccccc2c1. The lowest BCUT2D eigenvalue weighted by Gasteiger charge is -2.40. The van der Waals surface area contributed by atoms with Crippen LogP contribution in [0.5, 0.6) is 0 Å². The van der Waals surface area contributed by atoms with E-state index in [2.05, 4.69) is 15.6 Å². The van der Waals surface area contributed by atoms with E-state index in [9.17, 15) is 4.79 Å². The third-order valence-corrected chi connectivity index (χ3v) is 4.85. The highest BCUT2D eigenvalue weighted by Gasteiger charge is 2.38. The highest BCUT2D eigenvalue weighted by atomic mass is 35.5. The zero-order chi connectivity index (χ0) is 16.4. The Morgan fingerprint density at radius 3 is 2.74 bits per heavy atom. The molecule has 0 fully saturated rings. The quantitative estimate of drug-likeness (QED) is 0.495. The molecule has 2 amide bonds. The van der Waals surface area contributed by atoms with Crippen LogP contribution in [0.15, 0.2) is 47.5 Å². The third-order valence-electron chi connectivity index (χ3n) is 4.17. The van der Waals surface area contributed by atoms with Gasteiger partial charge >= 0.3 is 6.03 Å². The first-order valence-corrected chi connectivity index (χ1v) is 7.96. The molecule has 0 aliphatic carbocycles. The molecule has 1 heterocycles. The number of amides is 2. The fourth-order valence-electron chi connectivity index (χ4n) is 2.60. The molecule has 1 aliphatic rings. The smallest absolute Gasteiger partial charge is 0.308 e. The maximum atomic E-state index is 12.3. The summed E-state index contributed by atoms with van der Waals surface area (Å²) in [6.45, 7) is 0. The molecule has 2 atom stereocenters. The summed E-state index contributed by atoms with van der Waals surface area (Å²) in [6.07, 6.45) is 2.06. The van der Waals surface area contributed by atoms with E-state index in [0.717, 1.165) is 16.5 Å². The molecule has 3 rings (SSSR count). The van der Waals surface area contributed by atoms with E-state index in [1.807, 2.05) is 56.6 Å². The summed E-state index contributed by atoms with van der Waals surface area (Å²) in [5.41, 5.74) is 0.632. The number of rotatable bonds is 2. The molecular formula is C17H20ClN4O+. The number of nitrogens with one attached hydrogen (secondary N) is 2. The fraction of sp³-hybridized carbons (Fsp3) is 0.294. The summed E-state index contributed by atoms with van der Waals surface area (Å²) in [4.78, 5) is 16.6. The van der Waals surface area contributed by atoms with Crippen LogP contribution in [0.25, 0.3) is 10.8 Å². The molecule has 1 aliphatic heterocycles. The lowest BCUT2D eigenvalue weighted by Crippen LogP contribution is -2.62. The summed E-state index contributed by atoms with van der Waals surface area (Å²) in [6, 6.07) is 13.5. The van der Waals surface area contributed by atoms with E-state index in [4.69, 9.17) is 11.6 Å². The zero-order valence-electron chi connectivity index (χ0n) is 13.2. The van der Waals surface area contributed by atoms with Gasteiger partial charge in [0.05, 0.1) is 20.5 Å². The minimum absolute atomic E-state index is 0.113. The van der Waals surface area contributed by atoms with E-state index in [1.54, 1.807) is 6.21 Å². The number of urea groups is 1. The van der Waals surface area contributed by atoms with Gasteiger partial charge in [-0.1, -0.05) is 41.9 Å². The molecule has 0 saturated carbocycles. The Labute approximate surface area is 140 Å². The number of alkyl halides is 1. The van der Waals surface area contributed by atoms with Gasteiger partial charge in [-0.25, -0.2) is 9.79 Å². The van der Waals surface area contributed by atoms with E-state index in [-0.39, 0.29) is 11.5 Å². The first-order chi connectivity index (χ1) is 11.0. The van der Waals surface area contributed by atoms with Gasteiger partial charge in [0.15, 0.2) is 5.50 Å². The summed E-state index contributed by atoms with van der Waals surface area (Å²) >= 11 is 6.32. The van der Waals surface area contributed by atoms with Crippen LogP contribution in [0.3, 0.4) is 0 Å². The second-order valence-corrected chi connectivity index (χ2v) is 6.67. The van der Waals surface area contributed by atoms with Gasteiger partial charge in [-0.3, -0.25) is 9.80 Å². The fourth-order valence-corrected chi connectivity index (χ4v) is 2.79. The Morgan fingerprint density at radius 1 is 1.22 bits per heavy atom. The molecule has 6 heteroatoms. The number of carbonyl (C=O) groups excluding carboxylic acids is 1. The summed E-state index contributed by atoms with van der Waals surface area (Å²) in [7, 11) is 3.91. The molecule has 23 heavy (non-hydrogen) atoms. The summed E-state index contributed by atoms with van der Waals surface area (Å²) in [5.74, 6) is 0. The molecule has 2 N–H and O–H groups in total. The zero-order valence-corrected chi connectivity index (χ0v) is 13.9. The van der Waals surface area contributed by atoms with Gasteiger partial charge in [-0.2, -0.15) is 0 Å². The Bertz CT molecular complexity index is 759. The van der Waals surface area contributed by atoms with Gasteiger partial charge in [0.2, 0.25) is 0 Å². The van der Waals surface area contributed by atoms with E-state index in [0.29, 0.717) is 10.9 Å². The predicted molar refractivity (Wildman–Crippen MR) is 94.7 cm³/mol. The molecule has 0 aromatic heterocycles. The summed E-state index contributed by atoms with van der Waals surface area (Å²) < 4.78 is 0.406. The molecule has 2 aromatic rings. The van der Waals surface area contributed by atoms with Crippen LogP contribution in [0.1, 0.15) is 6.42 Å². The van der Waals surface area contributed by atoms with Gasteiger partial charge in [-0.05, 0) is 22.9 Å².